The van der Waals surface area contributed by atoms with Crippen molar-refractivity contribution in [2.45, 2.75) is 5.54 Å². The van der Waals surface area contributed by atoms with Crippen LogP contribution in [0.15, 0.2) is 66.8 Å². The van der Waals surface area contributed by atoms with E-state index in [-0.39, 0.29) is 24.2 Å². The summed E-state index contributed by atoms with van der Waals surface area (Å²) in [6.45, 7) is 6.86. The van der Waals surface area contributed by atoms with Crippen LogP contribution in [0.2, 0.25) is 0 Å². The Bertz CT molecular complexity index is 1270. The third-order valence-corrected chi connectivity index (χ3v) is 6.98. The molecule has 1 N–H and O–H groups in total. The van der Waals surface area contributed by atoms with Crippen LogP contribution in [-0.4, -0.2) is 78.4 Å². The molecule has 2 amide bonds. The minimum Gasteiger partial charge on any atom is -0.507 e. The smallest absolute Gasteiger partial charge is 0.296 e. The minimum absolute atomic E-state index is 0.0901. The van der Waals surface area contributed by atoms with Gasteiger partial charge in [0, 0.05) is 43.9 Å². The van der Waals surface area contributed by atoms with E-state index in [1.54, 1.807) is 30.3 Å². The number of halogens is 1. The van der Waals surface area contributed by atoms with Crippen LogP contribution in [0.1, 0.15) is 11.1 Å². The van der Waals surface area contributed by atoms with E-state index in [4.69, 9.17) is 4.74 Å². The Balaban J connectivity index is 1.71. The lowest BCUT2D eigenvalue weighted by atomic mass is 9.82. The second-order valence-electron chi connectivity index (χ2n) is 8.90. The van der Waals surface area contributed by atoms with Crippen molar-refractivity contribution in [2.24, 2.45) is 0 Å². The highest BCUT2D eigenvalue weighted by molar-refractivity contribution is 6.50. The summed E-state index contributed by atoms with van der Waals surface area (Å²) in [5, 5.41) is 11.4. The molecular formula is C27H26FN3O5. The van der Waals surface area contributed by atoms with E-state index >= 15 is 0 Å². The Kier molecular flexibility index (Phi) is 6.19. The number of likely N-dealkylation sites (tertiary alicyclic amines) is 1. The number of ether oxygens (including phenoxy) is 1. The molecule has 0 saturated carbocycles. The first kappa shape index (κ1) is 23.9. The highest BCUT2D eigenvalue weighted by Gasteiger charge is 2.66. The van der Waals surface area contributed by atoms with Gasteiger partial charge >= 0.3 is 0 Å². The maximum absolute atomic E-state index is 14.2. The van der Waals surface area contributed by atoms with Crippen LogP contribution in [0, 0.1) is 5.82 Å². The van der Waals surface area contributed by atoms with Gasteiger partial charge in [-0.2, -0.15) is 0 Å². The van der Waals surface area contributed by atoms with E-state index in [1.165, 1.54) is 21.9 Å². The van der Waals surface area contributed by atoms with Crippen LogP contribution < -0.4 is 4.90 Å². The molecule has 3 heterocycles. The molecule has 2 aromatic rings. The zero-order valence-electron chi connectivity index (χ0n) is 19.7. The number of fused-ring (bicyclic) bond motifs is 2. The molecule has 2 aromatic carbocycles. The maximum atomic E-state index is 14.2. The van der Waals surface area contributed by atoms with E-state index in [0.717, 1.165) is 12.1 Å². The highest BCUT2D eigenvalue weighted by atomic mass is 19.1. The zero-order chi connectivity index (χ0) is 25.4. The van der Waals surface area contributed by atoms with E-state index in [1.807, 2.05) is 0 Å². The number of hydrogen-bond donors (Lipinski definition) is 1. The van der Waals surface area contributed by atoms with Gasteiger partial charge in [-0.3, -0.25) is 19.3 Å². The Morgan fingerprint density at radius 2 is 1.75 bits per heavy atom. The van der Waals surface area contributed by atoms with E-state index in [9.17, 15) is 23.9 Å². The topological polar surface area (TPSA) is 90.4 Å². The number of aliphatic hydroxyl groups is 1. The maximum Gasteiger partial charge on any atom is 0.296 e. The lowest BCUT2D eigenvalue weighted by molar-refractivity contribution is -0.144. The molecular weight excluding hydrogens is 465 g/mol. The minimum atomic E-state index is -1.85. The number of benzene rings is 2. The van der Waals surface area contributed by atoms with Crippen LogP contribution in [-0.2, 0) is 24.7 Å². The van der Waals surface area contributed by atoms with Crippen molar-refractivity contribution in [3.8, 4) is 0 Å². The number of amides is 2. The van der Waals surface area contributed by atoms with Crippen LogP contribution in [0.4, 0.5) is 10.1 Å². The van der Waals surface area contributed by atoms with Gasteiger partial charge in [-0.15, -0.1) is 6.58 Å². The zero-order valence-corrected chi connectivity index (χ0v) is 19.7. The monoisotopic (exact) mass is 491 g/mol. The molecule has 0 aliphatic carbocycles. The van der Waals surface area contributed by atoms with Crippen LogP contribution >= 0.6 is 0 Å². The average Bonchev–Trinajstić information content (AvgIpc) is 3.27. The summed E-state index contributed by atoms with van der Waals surface area (Å²) in [6, 6.07) is 11.8. The van der Waals surface area contributed by atoms with Gasteiger partial charge < -0.3 is 19.6 Å². The number of hydrogen-bond acceptors (Lipinski definition) is 6. The number of rotatable bonds is 6. The van der Waals surface area contributed by atoms with Gasteiger partial charge in [-0.05, 0) is 30.3 Å². The van der Waals surface area contributed by atoms with Gasteiger partial charge in [0.05, 0.1) is 24.5 Å². The molecule has 3 aliphatic rings. The van der Waals surface area contributed by atoms with Gasteiger partial charge in [0.2, 0.25) is 0 Å². The fraction of sp³-hybridized carbons (Fsp3) is 0.296. The number of ketones is 1. The van der Waals surface area contributed by atoms with Gasteiger partial charge in [0.1, 0.15) is 11.6 Å². The third kappa shape index (κ3) is 3.54. The van der Waals surface area contributed by atoms with E-state index in [2.05, 4.69) is 11.5 Å². The SMILES string of the molecule is C=CCN1C(=O)[C@@]2(C(=C(O)c3ccc(F)cc3)C(=O)C(=O)N2CCN2CCOCC2)c2ccccc21. The second-order valence-corrected chi connectivity index (χ2v) is 8.90. The third-order valence-electron chi connectivity index (χ3n) is 6.98. The molecule has 3 aliphatic heterocycles. The number of Topliss-reactive ketones (excluding diaryl/α,β-unsaturated/α-hetero) is 1. The molecule has 0 bridgehead atoms. The summed E-state index contributed by atoms with van der Waals surface area (Å²) in [6.07, 6.45) is 1.56. The highest BCUT2D eigenvalue weighted by Crippen LogP contribution is 2.53. The fourth-order valence-corrected chi connectivity index (χ4v) is 5.30. The molecule has 8 nitrogen and oxygen atoms in total. The van der Waals surface area contributed by atoms with E-state index in [0.29, 0.717) is 44.1 Å². The molecule has 0 aromatic heterocycles. The summed E-state index contributed by atoms with van der Waals surface area (Å²) in [7, 11) is 0. The Hall–Kier alpha value is -3.82. The molecule has 9 heteroatoms. The number of para-hydroxylation sites is 1. The van der Waals surface area contributed by atoms with E-state index < -0.39 is 34.7 Å². The Labute approximate surface area is 207 Å². The molecule has 5 rings (SSSR count). The number of carbonyl (C=O) groups is 3. The predicted molar refractivity (Wildman–Crippen MR) is 131 cm³/mol. The summed E-state index contributed by atoms with van der Waals surface area (Å²) in [5.41, 5.74) is -1.06. The molecule has 1 atom stereocenters. The van der Waals surface area contributed by atoms with Gasteiger partial charge in [-0.25, -0.2) is 4.39 Å². The van der Waals surface area contributed by atoms with Gasteiger partial charge in [-0.1, -0.05) is 24.3 Å². The molecule has 1 spiro atoms. The normalized spacial score (nSPS) is 23.5. The summed E-state index contributed by atoms with van der Waals surface area (Å²) in [4.78, 5) is 46.1. The fourth-order valence-electron chi connectivity index (χ4n) is 5.30. The van der Waals surface area contributed by atoms with Crippen molar-refractivity contribution in [3.05, 3.63) is 83.7 Å². The van der Waals surface area contributed by atoms with Crippen molar-refractivity contribution < 1.29 is 28.6 Å². The Morgan fingerprint density at radius 3 is 2.44 bits per heavy atom. The number of carbonyl (C=O) groups excluding carboxylic acids is 3. The molecule has 2 fully saturated rings. The molecule has 2 saturated heterocycles. The average molecular weight is 492 g/mol. The first-order chi connectivity index (χ1) is 17.4. The number of aliphatic hydroxyl groups excluding tert-OH is 1. The summed E-state index contributed by atoms with van der Waals surface area (Å²) >= 11 is 0. The molecule has 0 unspecified atom stereocenters. The standard InChI is InChI=1S/C27H26FN3O5/c1-2-11-30-21-6-4-3-5-20(21)27(26(30)35)22(23(32)18-7-9-19(28)10-8-18)24(33)25(34)31(27)13-12-29-14-16-36-17-15-29/h2-10,32H,1,11-17H2/t27-/m0/s1. The number of morpholine rings is 1. The van der Waals surface area contributed by atoms with Crippen molar-refractivity contribution in [1.82, 2.24) is 9.80 Å². The van der Waals surface area contributed by atoms with Crippen LogP contribution in [0.25, 0.3) is 5.76 Å². The number of anilines is 1. The van der Waals surface area contributed by atoms with Crippen LogP contribution in [0.5, 0.6) is 0 Å². The van der Waals surface area contributed by atoms with Crippen LogP contribution in [0.3, 0.4) is 0 Å². The second kappa shape index (κ2) is 9.33. The van der Waals surface area contributed by atoms with Gasteiger partial charge in [0.15, 0.2) is 5.54 Å². The van der Waals surface area contributed by atoms with Crippen molar-refractivity contribution >= 4 is 29.0 Å². The van der Waals surface area contributed by atoms with Crippen molar-refractivity contribution in [1.29, 1.82) is 0 Å². The summed E-state index contributed by atoms with van der Waals surface area (Å²) in [5.74, 6) is -3.39. The first-order valence-electron chi connectivity index (χ1n) is 11.8. The van der Waals surface area contributed by atoms with Crippen molar-refractivity contribution in [3.63, 3.8) is 0 Å². The lowest BCUT2D eigenvalue weighted by Gasteiger charge is -2.36. The molecule has 0 radical (unpaired) electrons. The summed E-state index contributed by atoms with van der Waals surface area (Å²) < 4.78 is 19.0. The number of nitrogens with zero attached hydrogens (tertiary/aromatic N) is 3. The molecule has 36 heavy (non-hydrogen) atoms. The van der Waals surface area contributed by atoms with Gasteiger partial charge in [0.25, 0.3) is 17.6 Å². The van der Waals surface area contributed by atoms with Crippen molar-refractivity contribution in [2.75, 3.05) is 50.8 Å². The molecule has 186 valence electrons. The predicted octanol–water partition coefficient (Wildman–Crippen LogP) is 2.27. The first-order valence-corrected chi connectivity index (χ1v) is 11.8. The lowest BCUT2D eigenvalue weighted by Crippen LogP contribution is -2.54. The quantitative estimate of drug-likeness (QED) is 0.289. The Morgan fingerprint density at radius 1 is 1.06 bits per heavy atom. The largest absolute Gasteiger partial charge is 0.507 e.